The highest BCUT2D eigenvalue weighted by atomic mass is 32.2. The molecule has 2 aromatic rings. The van der Waals surface area contributed by atoms with E-state index < -0.39 is 10.0 Å². The number of anilines is 1. The van der Waals surface area contributed by atoms with E-state index in [0.29, 0.717) is 11.3 Å². The largest absolute Gasteiger partial charge is 0.389 e. The van der Waals surface area contributed by atoms with Crippen molar-refractivity contribution in [2.24, 2.45) is 5.73 Å². The van der Waals surface area contributed by atoms with Gasteiger partial charge in [-0.25, -0.2) is 8.42 Å². The average molecular weight is 324 g/mol. The Morgan fingerprint density at radius 3 is 2.43 bits per heavy atom. The van der Waals surface area contributed by atoms with E-state index in [4.69, 9.17) is 18.0 Å². The van der Waals surface area contributed by atoms with Crippen molar-refractivity contribution in [3.63, 3.8) is 0 Å². The SMILES string of the molecule is CC(C)n1cc(NS(=O)(=O)c2ccc(C(N)=S)cc2)cn1. The van der Waals surface area contributed by atoms with Crippen LogP contribution < -0.4 is 10.5 Å². The molecule has 2 rings (SSSR count). The smallest absolute Gasteiger partial charge is 0.261 e. The van der Waals surface area contributed by atoms with Crippen molar-refractivity contribution in [2.75, 3.05) is 4.72 Å². The van der Waals surface area contributed by atoms with Crippen molar-refractivity contribution in [1.82, 2.24) is 9.78 Å². The number of sulfonamides is 1. The Kier molecular flexibility index (Phi) is 4.29. The second-order valence-corrected chi connectivity index (χ2v) is 6.92. The minimum atomic E-state index is -3.66. The molecule has 0 bridgehead atoms. The Morgan fingerprint density at radius 2 is 1.95 bits per heavy atom. The second kappa shape index (κ2) is 5.82. The first-order valence-electron chi connectivity index (χ1n) is 6.26. The zero-order valence-corrected chi connectivity index (χ0v) is 13.3. The van der Waals surface area contributed by atoms with Crippen molar-refractivity contribution >= 4 is 32.9 Å². The molecule has 0 atom stereocenters. The van der Waals surface area contributed by atoms with Crippen molar-refractivity contribution < 1.29 is 8.42 Å². The molecule has 0 aliphatic carbocycles. The van der Waals surface area contributed by atoms with Crippen LogP contribution in [0.5, 0.6) is 0 Å². The monoisotopic (exact) mass is 324 g/mol. The highest BCUT2D eigenvalue weighted by Gasteiger charge is 2.15. The molecule has 1 aromatic heterocycles. The lowest BCUT2D eigenvalue weighted by Gasteiger charge is -2.07. The zero-order valence-electron chi connectivity index (χ0n) is 11.6. The van der Waals surface area contributed by atoms with Gasteiger partial charge in [0, 0.05) is 17.8 Å². The first kappa shape index (κ1) is 15.5. The lowest BCUT2D eigenvalue weighted by atomic mass is 10.2. The third kappa shape index (κ3) is 3.59. The van der Waals surface area contributed by atoms with Gasteiger partial charge < -0.3 is 5.73 Å². The fraction of sp³-hybridized carbons (Fsp3) is 0.231. The predicted molar refractivity (Wildman–Crippen MR) is 85.7 cm³/mol. The Balaban J connectivity index is 2.22. The summed E-state index contributed by atoms with van der Waals surface area (Å²) in [4.78, 5) is 0.366. The molecule has 0 aliphatic heterocycles. The minimum Gasteiger partial charge on any atom is -0.389 e. The van der Waals surface area contributed by atoms with E-state index in [1.807, 2.05) is 13.8 Å². The van der Waals surface area contributed by atoms with Crippen LogP contribution in [-0.4, -0.2) is 23.2 Å². The minimum absolute atomic E-state index is 0.139. The van der Waals surface area contributed by atoms with Crippen LogP contribution in [-0.2, 0) is 10.0 Å². The average Bonchev–Trinajstić information content (AvgIpc) is 2.87. The van der Waals surface area contributed by atoms with Crippen molar-refractivity contribution in [2.45, 2.75) is 24.8 Å². The number of nitrogens with one attached hydrogen (secondary N) is 1. The summed E-state index contributed by atoms with van der Waals surface area (Å²) in [6, 6.07) is 6.24. The van der Waals surface area contributed by atoms with Gasteiger partial charge in [-0.15, -0.1) is 0 Å². The van der Waals surface area contributed by atoms with E-state index in [0.717, 1.165) is 0 Å². The topological polar surface area (TPSA) is 90.0 Å². The number of rotatable bonds is 5. The first-order chi connectivity index (χ1) is 9.79. The highest BCUT2D eigenvalue weighted by molar-refractivity contribution is 7.92. The number of nitrogens with zero attached hydrogens (tertiary/aromatic N) is 2. The van der Waals surface area contributed by atoms with Gasteiger partial charge in [0.1, 0.15) is 4.99 Å². The molecule has 6 nitrogen and oxygen atoms in total. The van der Waals surface area contributed by atoms with E-state index in [2.05, 4.69) is 9.82 Å². The maximum absolute atomic E-state index is 12.2. The Bertz CT molecular complexity index is 749. The molecule has 21 heavy (non-hydrogen) atoms. The number of thiocarbonyl (C=S) groups is 1. The van der Waals surface area contributed by atoms with Gasteiger partial charge in [-0.05, 0) is 26.0 Å². The molecule has 0 spiro atoms. The number of aromatic nitrogens is 2. The molecule has 1 aromatic carbocycles. The number of benzene rings is 1. The van der Waals surface area contributed by atoms with Gasteiger partial charge in [-0.3, -0.25) is 9.40 Å². The molecule has 112 valence electrons. The maximum Gasteiger partial charge on any atom is 0.261 e. The molecular weight excluding hydrogens is 308 g/mol. The third-order valence-corrected chi connectivity index (χ3v) is 4.46. The molecular formula is C13H16N4O2S2. The number of hydrogen-bond acceptors (Lipinski definition) is 4. The maximum atomic E-state index is 12.2. The third-order valence-electron chi connectivity index (χ3n) is 2.83. The number of nitrogens with two attached hydrogens (primary N) is 1. The molecule has 0 amide bonds. The van der Waals surface area contributed by atoms with Crippen LogP contribution in [0.2, 0.25) is 0 Å². The Labute approximate surface area is 129 Å². The summed E-state index contributed by atoms with van der Waals surface area (Å²) in [6.45, 7) is 3.92. The molecule has 1 heterocycles. The van der Waals surface area contributed by atoms with Gasteiger partial charge in [-0.2, -0.15) is 5.10 Å². The standard InChI is InChI=1S/C13H16N4O2S2/c1-9(2)17-8-11(7-15-17)16-21(18,19)12-5-3-10(4-6-12)13(14)20/h3-9,16H,1-2H3,(H2,14,20). The lowest BCUT2D eigenvalue weighted by molar-refractivity contribution is 0.532. The predicted octanol–water partition coefficient (Wildman–Crippen LogP) is 1.90. The summed E-state index contributed by atoms with van der Waals surface area (Å²) in [7, 11) is -3.66. The summed E-state index contributed by atoms with van der Waals surface area (Å²) >= 11 is 4.83. The van der Waals surface area contributed by atoms with Crippen LogP contribution in [0.3, 0.4) is 0 Å². The van der Waals surface area contributed by atoms with E-state index in [1.165, 1.54) is 18.3 Å². The van der Waals surface area contributed by atoms with Gasteiger partial charge in [-0.1, -0.05) is 24.4 Å². The van der Waals surface area contributed by atoms with Crippen molar-refractivity contribution in [3.05, 3.63) is 42.2 Å². The van der Waals surface area contributed by atoms with Crippen LogP contribution in [0.1, 0.15) is 25.5 Å². The van der Waals surface area contributed by atoms with E-state index in [9.17, 15) is 8.42 Å². The van der Waals surface area contributed by atoms with Crippen molar-refractivity contribution in [1.29, 1.82) is 0 Å². The van der Waals surface area contributed by atoms with E-state index in [-0.39, 0.29) is 15.9 Å². The van der Waals surface area contributed by atoms with Crippen LogP contribution in [0, 0.1) is 0 Å². The Hall–Kier alpha value is -1.93. The van der Waals surface area contributed by atoms with Gasteiger partial charge in [0.15, 0.2) is 0 Å². The second-order valence-electron chi connectivity index (χ2n) is 4.80. The lowest BCUT2D eigenvalue weighted by Crippen LogP contribution is -2.14. The molecule has 0 saturated carbocycles. The van der Waals surface area contributed by atoms with E-state index in [1.54, 1.807) is 23.0 Å². The highest BCUT2D eigenvalue weighted by Crippen LogP contribution is 2.17. The summed E-state index contributed by atoms with van der Waals surface area (Å²) in [6.07, 6.45) is 3.12. The van der Waals surface area contributed by atoms with Crippen LogP contribution >= 0.6 is 12.2 Å². The van der Waals surface area contributed by atoms with Crippen LogP contribution in [0.4, 0.5) is 5.69 Å². The first-order valence-corrected chi connectivity index (χ1v) is 8.15. The van der Waals surface area contributed by atoms with Gasteiger partial charge in [0.25, 0.3) is 10.0 Å². The molecule has 0 radical (unpaired) electrons. The zero-order chi connectivity index (χ0) is 15.6. The summed E-state index contributed by atoms with van der Waals surface area (Å²) in [5.74, 6) is 0. The van der Waals surface area contributed by atoms with Gasteiger partial charge in [0.2, 0.25) is 0 Å². The molecule has 0 fully saturated rings. The van der Waals surface area contributed by atoms with Gasteiger partial charge >= 0.3 is 0 Å². The van der Waals surface area contributed by atoms with Crippen LogP contribution in [0.25, 0.3) is 0 Å². The molecule has 0 unspecified atom stereocenters. The quantitative estimate of drug-likeness (QED) is 0.820. The fourth-order valence-corrected chi connectivity index (χ4v) is 2.85. The fourth-order valence-electron chi connectivity index (χ4n) is 1.69. The summed E-state index contributed by atoms with van der Waals surface area (Å²) in [5.41, 5.74) is 6.52. The van der Waals surface area contributed by atoms with E-state index >= 15 is 0 Å². The Morgan fingerprint density at radius 1 is 1.33 bits per heavy atom. The summed E-state index contributed by atoms with van der Waals surface area (Å²) in [5, 5.41) is 4.09. The van der Waals surface area contributed by atoms with Crippen molar-refractivity contribution in [3.8, 4) is 0 Å². The summed E-state index contributed by atoms with van der Waals surface area (Å²) < 4.78 is 28.7. The number of hydrogen-bond donors (Lipinski definition) is 2. The normalized spacial score (nSPS) is 11.6. The molecule has 0 aliphatic rings. The molecule has 8 heteroatoms. The molecule has 0 saturated heterocycles. The van der Waals surface area contributed by atoms with Gasteiger partial charge in [0.05, 0.1) is 16.8 Å². The molecule has 3 N–H and O–H groups in total. The van der Waals surface area contributed by atoms with Crippen LogP contribution in [0.15, 0.2) is 41.6 Å².